The first-order valence-electron chi connectivity index (χ1n) is 5.68. The van der Waals surface area contributed by atoms with Crippen molar-refractivity contribution in [2.24, 2.45) is 0 Å². The molecular formula is C13H12N4O2S. The lowest BCUT2D eigenvalue weighted by atomic mass is 10.2. The van der Waals surface area contributed by atoms with E-state index < -0.39 is 0 Å². The highest BCUT2D eigenvalue weighted by molar-refractivity contribution is 7.98. The Bertz CT molecular complexity index is 675. The van der Waals surface area contributed by atoms with Crippen LogP contribution in [0.1, 0.15) is 15.9 Å². The highest BCUT2D eigenvalue weighted by Crippen LogP contribution is 2.24. The second-order valence-corrected chi connectivity index (χ2v) is 4.54. The molecule has 0 aliphatic rings. The number of aromatic amines is 1. The van der Waals surface area contributed by atoms with Crippen LogP contribution >= 0.6 is 11.8 Å². The Balaban J connectivity index is 2.29. The third-order valence-corrected chi connectivity index (χ3v) is 3.31. The van der Waals surface area contributed by atoms with Gasteiger partial charge in [0.1, 0.15) is 28.2 Å². The topological polar surface area (TPSA) is 90.8 Å². The minimum Gasteiger partial charge on any atom is -0.496 e. The maximum absolute atomic E-state index is 12.2. The van der Waals surface area contributed by atoms with E-state index in [-0.39, 0.29) is 11.7 Å². The number of para-hydroxylation sites is 1. The zero-order valence-corrected chi connectivity index (χ0v) is 11.7. The molecule has 0 spiro atoms. The van der Waals surface area contributed by atoms with E-state index in [1.54, 1.807) is 24.3 Å². The van der Waals surface area contributed by atoms with Crippen molar-refractivity contribution in [2.45, 2.75) is 5.03 Å². The molecule has 0 saturated carbocycles. The van der Waals surface area contributed by atoms with Gasteiger partial charge in [0.25, 0.3) is 5.91 Å². The van der Waals surface area contributed by atoms with Gasteiger partial charge in [0.15, 0.2) is 0 Å². The number of benzene rings is 1. The second-order valence-electron chi connectivity index (χ2n) is 3.75. The van der Waals surface area contributed by atoms with Crippen molar-refractivity contribution in [3.05, 3.63) is 35.4 Å². The Morgan fingerprint density at radius 3 is 2.90 bits per heavy atom. The Kier molecular flexibility index (Phi) is 4.27. The molecule has 0 unspecified atom stereocenters. The number of rotatable bonds is 4. The summed E-state index contributed by atoms with van der Waals surface area (Å²) in [5.74, 6) is 0.385. The molecule has 2 N–H and O–H groups in total. The van der Waals surface area contributed by atoms with Crippen LogP contribution in [0.2, 0.25) is 0 Å². The molecule has 6 nitrogen and oxygen atoms in total. The van der Waals surface area contributed by atoms with Crippen molar-refractivity contribution in [1.29, 1.82) is 5.26 Å². The van der Waals surface area contributed by atoms with Gasteiger partial charge in [-0.3, -0.25) is 9.89 Å². The normalized spacial score (nSPS) is 9.85. The summed E-state index contributed by atoms with van der Waals surface area (Å²) < 4.78 is 5.13. The number of H-pyrrole nitrogens is 1. The van der Waals surface area contributed by atoms with Gasteiger partial charge in [-0.2, -0.15) is 10.4 Å². The number of methoxy groups -OCH3 is 1. The number of carbonyl (C=O) groups excluding carboxylic acids is 1. The van der Waals surface area contributed by atoms with Gasteiger partial charge in [-0.05, 0) is 18.4 Å². The van der Waals surface area contributed by atoms with Crippen LogP contribution < -0.4 is 10.1 Å². The largest absolute Gasteiger partial charge is 0.496 e. The van der Waals surface area contributed by atoms with Gasteiger partial charge in [-0.15, -0.1) is 11.8 Å². The van der Waals surface area contributed by atoms with Gasteiger partial charge in [0.2, 0.25) is 0 Å². The molecular weight excluding hydrogens is 276 g/mol. The number of carbonyl (C=O) groups is 1. The number of hydrogen-bond acceptors (Lipinski definition) is 5. The van der Waals surface area contributed by atoms with Gasteiger partial charge in [0, 0.05) is 0 Å². The van der Waals surface area contributed by atoms with E-state index in [2.05, 4.69) is 15.5 Å². The molecule has 0 radical (unpaired) electrons. The first kappa shape index (κ1) is 14.0. The molecule has 1 aromatic heterocycles. The summed E-state index contributed by atoms with van der Waals surface area (Å²) in [5.41, 5.74) is 0.708. The Morgan fingerprint density at radius 1 is 1.50 bits per heavy atom. The van der Waals surface area contributed by atoms with E-state index in [0.717, 1.165) is 0 Å². The van der Waals surface area contributed by atoms with Crippen LogP contribution in [-0.2, 0) is 0 Å². The molecule has 0 saturated heterocycles. The quantitative estimate of drug-likeness (QED) is 0.842. The van der Waals surface area contributed by atoms with Gasteiger partial charge < -0.3 is 10.1 Å². The Labute approximate surface area is 120 Å². The third-order valence-electron chi connectivity index (χ3n) is 2.63. The average Bonchev–Trinajstić information content (AvgIpc) is 2.88. The van der Waals surface area contributed by atoms with Gasteiger partial charge in [0.05, 0.1) is 12.7 Å². The molecule has 0 aliphatic heterocycles. The molecule has 0 aliphatic carbocycles. The van der Waals surface area contributed by atoms with Gasteiger partial charge >= 0.3 is 0 Å². The fourth-order valence-electron chi connectivity index (χ4n) is 1.68. The van der Waals surface area contributed by atoms with Gasteiger partial charge in [-0.1, -0.05) is 12.1 Å². The molecule has 2 rings (SSSR count). The summed E-state index contributed by atoms with van der Waals surface area (Å²) in [5, 5.41) is 18.9. The van der Waals surface area contributed by atoms with E-state index in [1.807, 2.05) is 12.3 Å². The number of nitrogens with one attached hydrogen (secondary N) is 2. The van der Waals surface area contributed by atoms with Crippen LogP contribution in [0.15, 0.2) is 29.3 Å². The number of ether oxygens (including phenoxy) is 1. The number of nitriles is 1. The molecule has 0 bridgehead atoms. The molecule has 1 aromatic carbocycles. The molecule has 0 fully saturated rings. The first-order valence-corrected chi connectivity index (χ1v) is 6.90. The van der Waals surface area contributed by atoms with E-state index in [9.17, 15) is 4.79 Å². The zero-order valence-electron chi connectivity index (χ0n) is 10.9. The van der Waals surface area contributed by atoms with E-state index >= 15 is 0 Å². The van der Waals surface area contributed by atoms with Gasteiger partial charge in [-0.25, -0.2) is 0 Å². The average molecular weight is 288 g/mol. The predicted molar refractivity (Wildman–Crippen MR) is 76.0 cm³/mol. The van der Waals surface area contributed by atoms with Crippen molar-refractivity contribution in [3.8, 4) is 11.8 Å². The smallest absolute Gasteiger partial charge is 0.260 e. The standard InChI is InChI=1S/C13H12N4O2S/c1-19-10-6-4-3-5-8(10)12(18)15-11-9(7-14)13(20-2)17-16-11/h3-6H,1-2H3,(H2,15,16,17,18). The molecule has 20 heavy (non-hydrogen) atoms. The SMILES string of the molecule is COc1ccccc1C(=O)Nc1[nH]nc(SC)c1C#N. The molecule has 2 aromatic rings. The number of hydrogen-bond donors (Lipinski definition) is 2. The minimum atomic E-state index is -0.366. The maximum Gasteiger partial charge on any atom is 0.260 e. The van der Waals surface area contributed by atoms with Crippen molar-refractivity contribution in [2.75, 3.05) is 18.7 Å². The summed E-state index contributed by atoms with van der Waals surface area (Å²) in [4.78, 5) is 12.2. The lowest BCUT2D eigenvalue weighted by molar-refractivity contribution is 0.102. The lowest BCUT2D eigenvalue weighted by Gasteiger charge is -2.07. The molecule has 102 valence electrons. The van der Waals surface area contributed by atoms with Crippen LogP contribution in [-0.4, -0.2) is 29.5 Å². The number of nitrogens with zero attached hydrogens (tertiary/aromatic N) is 2. The summed E-state index contributed by atoms with van der Waals surface area (Å²) in [6.45, 7) is 0. The molecule has 7 heteroatoms. The number of anilines is 1. The maximum atomic E-state index is 12.2. The summed E-state index contributed by atoms with van der Waals surface area (Å²) in [7, 11) is 1.49. The highest BCUT2D eigenvalue weighted by Gasteiger charge is 2.17. The lowest BCUT2D eigenvalue weighted by Crippen LogP contribution is -2.14. The zero-order chi connectivity index (χ0) is 14.5. The first-order chi connectivity index (χ1) is 9.71. The highest BCUT2D eigenvalue weighted by atomic mass is 32.2. The van der Waals surface area contributed by atoms with Crippen LogP contribution in [0.4, 0.5) is 5.82 Å². The van der Waals surface area contributed by atoms with E-state index in [1.165, 1.54) is 18.9 Å². The second kappa shape index (κ2) is 6.12. The van der Waals surface area contributed by atoms with E-state index in [4.69, 9.17) is 10.00 Å². The van der Waals surface area contributed by atoms with Crippen molar-refractivity contribution >= 4 is 23.5 Å². The van der Waals surface area contributed by atoms with Crippen LogP contribution in [0.3, 0.4) is 0 Å². The molecule has 0 atom stereocenters. The number of aromatic nitrogens is 2. The van der Waals surface area contributed by atoms with E-state index in [0.29, 0.717) is 21.9 Å². The predicted octanol–water partition coefficient (Wildman–Crippen LogP) is 2.26. The third kappa shape index (κ3) is 2.60. The minimum absolute atomic E-state index is 0.285. The molecule has 1 amide bonds. The summed E-state index contributed by atoms with van der Waals surface area (Å²) >= 11 is 1.33. The van der Waals surface area contributed by atoms with Crippen LogP contribution in [0.25, 0.3) is 0 Å². The van der Waals surface area contributed by atoms with Crippen LogP contribution in [0, 0.1) is 11.3 Å². The summed E-state index contributed by atoms with van der Waals surface area (Å²) in [6.07, 6.45) is 1.81. The number of thioether (sulfide) groups is 1. The fourth-order valence-corrected chi connectivity index (χ4v) is 2.17. The van der Waals surface area contributed by atoms with Crippen molar-refractivity contribution in [3.63, 3.8) is 0 Å². The van der Waals surface area contributed by atoms with Crippen LogP contribution in [0.5, 0.6) is 5.75 Å². The Hall–Kier alpha value is -2.46. The number of amides is 1. The van der Waals surface area contributed by atoms with Crippen molar-refractivity contribution in [1.82, 2.24) is 10.2 Å². The fraction of sp³-hybridized carbons (Fsp3) is 0.154. The van der Waals surface area contributed by atoms with Crippen molar-refractivity contribution < 1.29 is 9.53 Å². The Morgan fingerprint density at radius 2 is 2.25 bits per heavy atom. The summed E-state index contributed by atoms with van der Waals surface area (Å²) in [6, 6.07) is 8.87. The molecule has 1 heterocycles. The monoisotopic (exact) mass is 288 g/mol.